The van der Waals surface area contributed by atoms with Crippen LogP contribution in [-0.2, 0) is 32.5 Å². The molecule has 140 valence electrons. The quantitative estimate of drug-likeness (QED) is 0.502. The largest absolute Gasteiger partial charge is 0.465 e. The van der Waals surface area contributed by atoms with Gasteiger partial charge in [0, 0.05) is 13.5 Å². The molecule has 0 spiro atoms. The summed E-state index contributed by atoms with van der Waals surface area (Å²) >= 11 is 3.30. The van der Waals surface area contributed by atoms with Crippen LogP contribution in [-0.4, -0.2) is 34.5 Å². The smallest absolute Gasteiger partial charge is 0.320 e. The summed E-state index contributed by atoms with van der Waals surface area (Å²) < 4.78 is 13.4. The van der Waals surface area contributed by atoms with Crippen molar-refractivity contribution >= 4 is 27.9 Å². The summed E-state index contributed by atoms with van der Waals surface area (Å²) in [5.41, 5.74) is 0.904. The van der Waals surface area contributed by atoms with E-state index >= 15 is 0 Å². The highest BCUT2D eigenvalue weighted by molar-refractivity contribution is 9.10. The van der Waals surface area contributed by atoms with Gasteiger partial charge < -0.3 is 9.47 Å². The first-order valence-electron chi connectivity index (χ1n) is 8.27. The van der Waals surface area contributed by atoms with Crippen LogP contribution >= 0.6 is 15.9 Å². The molecule has 8 heteroatoms. The number of rotatable bonds is 7. The van der Waals surface area contributed by atoms with Crippen LogP contribution in [0.2, 0.25) is 0 Å². The van der Waals surface area contributed by atoms with Gasteiger partial charge in [-0.15, -0.1) is 0 Å². The summed E-state index contributed by atoms with van der Waals surface area (Å²) in [5, 5.41) is 0. The highest BCUT2D eigenvalue weighted by Gasteiger charge is 2.32. The van der Waals surface area contributed by atoms with Crippen molar-refractivity contribution in [2.45, 2.75) is 20.3 Å². The lowest BCUT2D eigenvalue weighted by atomic mass is 10.0. The zero-order chi connectivity index (χ0) is 19.3. The topological polar surface area (TPSA) is 79.5 Å². The Hall–Kier alpha value is -2.35. The molecule has 0 bridgehead atoms. The lowest BCUT2D eigenvalue weighted by Gasteiger charge is -2.16. The Balaban J connectivity index is 2.45. The lowest BCUT2D eigenvalue weighted by molar-refractivity contribution is -0.161. The molecule has 1 heterocycles. The third-order valence-electron chi connectivity index (χ3n) is 3.86. The van der Waals surface area contributed by atoms with E-state index in [9.17, 15) is 14.4 Å². The Morgan fingerprint density at radius 1 is 1.08 bits per heavy atom. The average Bonchev–Trinajstić information content (AvgIpc) is 2.83. The lowest BCUT2D eigenvalue weighted by Crippen LogP contribution is -2.31. The van der Waals surface area contributed by atoms with Gasteiger partial charge in [0.25, 0.3) is 5.56 Å². The molecule has 0 radical (unpaired) electrons. The number of nitrogens with zero attached hydrogens (tertiary/aromatic N) is 2. The van der Waals surface area contributed by atoms with E-state index in [1.165, 1.54) is 4.68 Å². The van der Waals surface area contributed by atoms with Crippen molar-refractivity contribution in [3.8, 4) is 5.69 Å². The molecule has 0 aliphatic carbocycles. The fraction of sp³-hybridized carbons (Fsp3) is 0.389. The van der Waals surface area contributed by atoms with Gasteiger partial charge in [-0.1, -0.05) is 18.2 Å². The SMILES string of the molecule is CCOC(=O)C(Cc1c(Br)c(=O)n(-c2ccccc2)n1C)C(=O)OCC. The van der Waals surface area contributed by atoms with E-state index in [1.807, 2.05) is 18.2 Å². The molecule has 0 fully saturated rings. The molecule has 0 unspecified atom stereocenters. The van der Waals surface area contributed by atoms with E-state index in [0.717, 1.165) is 0 Å². The van der Waals surface area contributed by atoms with Gasteiger partial charge in [-0.05, 0) is 41.9 Å². The number of para-hydroxylation sites is 1. The molecule has 0 aliphatic heterocycles. The summed E-state index contributed by atoms with van der Waals surface area (Å²) in [5.74, 6) is -2.47. The van der Waals surface area contributed by atoms with Crippen molar-refractivity contribution in [1.82, 2.24) is 9.36 Å². The van der Waals surface area contributed by atoms with E-state index in [0.29, 0.717) is 15.9 Å². The number of ether oxygens (including phenoxy) is 2. The molecule has 0 saturated heterocycles. The summed E-state index contributed by atoms with van der Waals surface area (Å²) in [6.07, 6.45) is -0.0101. The van der Waals surface area contributed by atoms with Crippen molar-refractivity contribution in [2.24, 2.45) is 13.0 Å². The monoisotopic (exact) mass is 424 g/mol. The molecule has 0 aliphatic rings. The zero-order valence-electron chi connectivity index (χ0n) is 14.9. The zero-order valence-corrected chi connectivity index (χ0v) is 16.5. The van der Waals surface area contributed by atoms with E-state index in [4.69, 9.17) is 9.47 Å². The van der Waals surface area contributed by atoms with Crippen LogP contribution in [0.15, 0.2) is 39.6 Å². The maximum absolute atomic E-state index is 12.6. The normalized spacial score (nSPS) is 10.8. The Bertz CT molecular complexity index is 823. The number of esters is 2. The van der Waals surface area contributed by atoms with Crippen LogP contribution in [0.4, 0.5) is 0 Å². The molecule has 0 atom stereocenters. The molecule has 7 nitrogen and oxygen atoms in total. The second kappa shape index (κ2) is 8.84. The van der Waals surface area contributed by atoms with Crippen LogP contribution in [0.1, 0.15) is 19.5 Å². The van der Waals surface area contributed by atoms with Gasteiger partial charge in [0.15, 0.2) is 5.92 Å². The number of hydrogen-bond donors (Lipinski definition) is 0. The minimum absolute atomic E-state index is 0.0101. The van der Waals surface area contributed by atoms with Crippen molar-refractivity contribution in [2.75, 3.05) is 13.2 Å². The maximum Gasteiger partial charge on any atom is 0.320 e. The standard InChI is InChI=1S/C18H21BrN2O5/c1-4-25-17(23)13(18(24)26-5-2)11-14-15(19)16(22)21(20(14)3)12-9-7-6-8-10-12/h6-10,13H,4-5,11H2,1-3H3. The number of aromatic nitrogens is 2. The van der Waals surface area contributed by atoms with Gasteiger partial charge in [-0.3, -0.25) is 19.1 Å². The number of halogens is 1. The van der Waals surface area contributed by atoms with Crippen molar-refractivity contribution in [1.29, 1.82) is 0 Å². The number of benzene rings is 1. The molecule has 0 amide bonds. The van der Waals surface area contributed by atoms with Crippen molar-refractivity contribution in [3.05, 3.63) is 50.9 Å². The van der Waals surface area contributed by atoms with Gasteiger partial charge in [0.05, 0.1) is 24.6 Å². The molecule has 2 rings (SSSR count). The van der Waals surface area contributed by atoms with Gasteiger partial charge >= 0.3 is 11.9 Å². The molecule has 2 aromatic rings. The fourth-order valence-corrected chi connectivity index (χ4v) is 3.23. The van der Waals surface area contributed by atoms with Crippen LogP contribution in [0.25, 0.3) is 5.69 Å². The molecule has 1 aromatic carbocycles. The predicted octanol–water partition coefficient (Wildman–Crippen LogP) is 2.22. The second-order valence-electron chi connectivity index (χ2n) is 5.50. The summed E-state index contributed by atoms with van der Waals surface area (Å²) in [6, 6.07) is 9.09. The van der Waals surface area contributed by atoms with Crippen molar-refractivity contribution < 1.29 is 19.1 Å². The highest BCUT2D eigenvalue weighted by atomic mass is 79.9. The molecule has 26 heavy (non-hydrogen) atoms. The molecule has 0 N–H and O–H groups in total. The molecule has 1 aromatic heterocycles. The average molecular weight is 425 g/mol. The van der Waals surface area contributed by atoms with Gasteiger partial charge in [0.1, 0.15) is 4.47 Å². The Kier molecular flexibility index (Phi) is 6.79. The van der Waals surface area contributed by atoms with Crippen LogP contribution in [0, 0.1) is 5.92 Å². The first-order chi connectivity index (χ1) is 12.4. The number of carbonyl (C=O) groups excluding carboxylic acids is 2. The third kappa shape index (κ3) is 4.07. The minimum Gasteiger partial charge on any atom is -0.465 e. The fourth-order valence-electron chi connectivity index (χ4n) is 2.64. The van der Waals surface area contributed by atoms with Gasteiger partial charge in [-0.2, -0.15) is 0 Å². The predicted molar refractivity (Wildman–Crippen MR) is 99.2 cm³/mol. The molecular formula is C18H21BrN2O5. The molecular weight excluding hydrogens is 404 g/mol. The number of carbonyl (C=O) groups is 2. The Labute approximate surface area is 159 Å². The van der Waals surface area contributed by atoms with E-state index in [2.05, 4.69) is 15.9 Å². The number of hydrogen-bond acceptors (Lipinski definition) is 5. The third-order valence-corrected chi connectivity index (χ3v) is 4.66. The second-order valence-corrected chi connectivity index (χ2v) is 6.29. The maximum atomic E-state index is 12.6. The minimum atomic E-state index is -1.14. The summed E-state index contributed by atoms with van der Waals surface area (Å²) in [4.78, 5) is 37.1. The first kappa shape index (κ1) is 20.0. The first-order valence-corrected chi connectivity index (χ1v) is 9.06. The van der Waals surface area contributed by atoms with Crippen LogP contribution < -0.4 is 5.56 Å². The van der Waals surface area contributed by atoms with E-state index in [-0.39, 0.29) is 25.2 Å². The van der Waals surface area contributed by atoms with Crippen molar-refractivity contribution in [3.63, 3.8) is 0 Å². The van der Waals surface area contributed by atoms with Gasteiger partial charge in [0.2, 0.25) is 0 Å². The van der Waals surface area contributed by atoms with Crippen LogP contribution in [0.3, 0.4) is 0 Å². The molecule has 0 saturated carbocycles. The van der Waals surface area contributed by atoms with Crippen LogP contribution in [0.5, 0.6) is 0 Å². The Morgan fingerprint density at radius 2 is 1.62 bits per heavy atom. The van der Waals surface area contributed by atoms with E-state index < -0.39 is 17.9 Å². The van der Waals surface area contributed by atoms with Gasteiger partial charge in [-0.25, -0.2) is 4.68 Å². The summed E-state index contributed by atoms with van der Waals surface area (Å²) in [6.45, 7) is 3.63. The van der Waals surface area contributed by atoms with E-state index in [1.54, 1.807) is 37.7 Å². The summed E-state index contributed by atoms with van der Waals surface area (Å²) in [7, 11) is 1.70. The Morgan fingerprint density at radius 3 is 2.12 bits per heavy atom. The highest BCUT2D eigenvalue weighted by Crippen LogP contribution is 2.21.